The molecule has 0 saturated heterocycles. The van der Waals surface area contributed by atoms with Gasteiger partial charge in [0.1, 0.15) is 5.76 Å². The van der Waals surface area contributed by atoms with Crippen LogP contribution in [0, 0.1) is 0 Å². The quantitative estimate of drug-likeness (QED) is 0.754. The first-order valence-corrected chi connectivity index (χ1v) is 6.60. The number of nitrogens with zero attached hydrogens (tertiary/aromatic N) is 1. The number of hydrogen-bond donors (Lipinski definition) is 1. The van der Waals surface area contributed by atoms with Gasteiger partial charge < -0.3 is 9.73 Å². The Kier molecular flexibility index (Phi) is 6.30. The molecule has 3 heteroatoms. The normalized spacial score (nSPS) is 11.6. The van der Waals surface area contributed by atoms with Crippen LogP contribution in [0.5, 0.6) is 0 Å². The van der Waals surface area contributed by atoms with E-state index in [9.17, 15) is 0 Å². The van der Waals surface area contributed by atoms with Crippen molar-refractivity contribution in [1.82, 2.24) is 10.2 Å². The van der Waals surface area contributed by atoms with Crippen molar-refractivity contribution in [2.24, 2.45) is 0 Å². The summed E-state index contributed by atoms with van der Waals surface area (Å²) < 4.78 is 5.57. The van der Waals surface area contributed by atoms with Gasteiger partial charge in [0.25, 0.3) is 0 Å². The maximum absolute atomic E-state index is 5.57. The molecule has 0 amide bonds. The monoisotopic (exact) mass is 238 g/mol. The van der Waals surface area contributed by atoms with Gasteiger partial charge in [0.05, 0.1) is 12.8 Å². The molecule has 0 aromatic carbocycles. The molecule has 0 aliphatic rings. The maximum Gasteiger partial charge on any atom is 0.118 e. The summed E-state index contributed by atoms with van der Waals surface area (Å²) in [6.07, 6.45) is 4.35. The van der Waals surface area contributed by atoms with Gasteiger partial charge in [0, 0.05) is 18.2 Å². The van der Waals surface area contributed by atoms with Crippen LogP contribution in [0.1, 0.15) is 44.9 Å². The molecule has 0 saturated carbocycles. The SMILES string of the molecule is CCCCN(C)Cc1cc(CNC(C)C)co1. The highest BCUT2D eigenvalue weighted by Crippen LogP contribution is 2.10. The van der Waals surface area contributed by atoms with Crippen molar-refractivity contribution >= 4 is 0 Å². The van der Waals surface area contributed by atoms with E-state index < -0.39 is 0 Å². The minimum Gasteiger partial charge on any atom is -0.468 e. The van der Waals surface area contributed by atoms with E-state index in [0.717, 1.165) is 25.4 Å². The van der Waals surface area contributed by atoms with Crippen LogP contribution in [0.15, 0.2) is 16.7 Å². The van der Waals surface area contributed by atoms with Crippen molar-refractivity contribution in [2.45, 2.75) is 52.7 Å². The lowest BCUT2D eigenvalue weighted by atomic mass is 10.2. The van der Waals surface area contributed by atoms with Crippen molar-refractivity contribution in [3.8, 4) is 0 Å². The number of furan rings is 1. The second-order valence-corrected chi connectivity index (χ2v) is 5.05. The fourth-order valence-electron chi connectivity index (χ4n) is 1.70. The molecule has 98 valence electrons. The van der Waals surface area contributed by atoms with Crippen molar-refractivity contribution in [3.63, 3.8) is 0 Å². The molecule has 1 aromatic rings. The van der Waals surface area contributed by atoms with Gasteiger partial charge in [0.15, 0.2) is 0 Å². The zero-order valence-electron chi connectivity index (χ0n) is 11.6. The third-order valence-corrected chi connectivity index (χ3v) is 2.74. The third-order valence-electron chi connectivity index (χ3n) is 2.74. The number of hydrogen-bond acceptors (Lipinski definition) is 3. The molecule has 0 aliphatic heterocycles. The highest BCUT2D eigenvalue weighted by atomic mass is 16.3. The van der Waals surface area contributed by atoms with Crippen molar-refractivity contribution in [1.29, 1.82) is 0 Å². The van der Waals surface area contributed by atoms with E-state index in [1.165, 1.54) is 18.4 Å². The average molecular weight is 238 g/mol. The van der Waals surface area contributed by atoms with E-state index in [-0.39, 0.29) is 0 Å². The molecule has 0 radical (unpaired) electrons. The summed E-state index contributed by atoms with van der Waals surface area (Å²) in [4.78, 5) is 2.31. The Balaban J connectivity index is 2.34. The van der Waals surface area contributed by atoms with Crippen LogP contribution in [0.2, 0.25) is 0 Å². The molecule has 1 heterocycles. The van der Waals surface area contributed by atoms with E-state index in [1.807, 2.05) is 6.26 Å². The first-order valence-electron chi connectivity index (χ1n) is 6.60. The molecule has 17 heavy (non-hydrogen) atoms. The Labute approximate surface area is 105 Å². The van der Waals surface area contributed by atoms with Crippen LogP contribution < -0.4 is 5.32 Å². The van der Waals surface area contributed by atoms with Crippen LogP contribution in [0.3, 0.4) is 0 Å². The largest absolute Gasteiger partial charge is 0.468 e. The van der Waals surface area contributed by atoms with Gasteiger partial charge in [-0.3, -0.25) is 4.90 Å². The predicted octanol–water partition coefficient (Wildman–Crippen LogP) is 3.01. The summed E-state index contributed by atoms with van der Waals surface area (Å²) >= 11 is 0. The third kappa shape index (κ3) is 5.89. The first-order chi connectivity index (χ1) is 8.11. The number of rotatable bonds is 8. The Bertz CT molecular complexity index is 307. The predicted molar refractivity (Wildman–Crippen MR) is 71.9 cm³/mol. The highest BCUT2D eigenvalue weighted by molar-refractivity contribution is 5.12. The topological polar surface area (TPSA) is 28.4 Å². The number of unbranched alkanes of at least 4 members (excludes halogenated alkanes) is 1. The van der Waals surface area contributed by atoms with E-state index in [4.69, 9.17) is 4.42 Å². The summed E-state index contributed by atoms with van der Waals surface area (Å²) in [6, 6.07) is 2.67. The minimum atomic E-state index is 0.514. The van der Waals surface area contributed by atoms with Gasteiger partial charge in [-0.2, -0.15) is 0 Å². The van der Waals surface area contributed by atoms with Crippen molar-refractivity contribution in [3.05, 3.63) is 23.7 Å². The van der Waals surface area contributed by atoms with Gasteiger partial charge in [-0.25, -0.2) is 0 Å². The Morgan fingerprint density at radius 1 is 1.41 bits per heavy atom. The Morgan fingerprint density at radius 2 is 2.18 bits per heavy atom. The lowest BCUT2D eigenvalue weighted by Gasteiger charge is -2.13. The lowest BCUT2D eigenvalue weighted by molar-refractivity contribution is 0.290. The molecule has 0 spiro atoms. The molecule has 0 atom stereocenters. The lowest BCUT2D eigenvalue weighted by Crippen LogP contribution is -2.21. The van der Waals surface area contributed by atoms with Crippen LogP contribution in [0.4, 0.5) is 0 Å². The van der Waals surface area contributed by atoms with Gasteiger partial charge in [-0.1, -0.05) is 27.2 Å². The second kappa shape index (κ2) is 7.51. The summed E-state index contributed by atoms with van der Waals surface area (Å²) in [7, 11) is 2.14. The summed E-state index contributed by atoms with van der Waals surface area (Å²) in [5.41, 5.74) is 1.23. The molecule has 1 rings (SSSR count). The second-order valence-electron chi connectivity index (χ2n) is 5.05. The Morgan fingerprint density at radius 3 is 2.82 bits per heavy atom. The molecule has 3 nitrogen and oxygen atoms in total. The van der Waals surface area contributed by atoms with E-state index >= 15 is 0 Å². The molecular formula is C14H26N2O. The zero-order chi connectivity index (χ0) is 12.7. The van der Waals surface area contributed by atoms with Crippen LogP contribution in [0.25, 0.3) is 0 Å². The summed E-state index contributed by atoms with van der Waals surface area (Å²) in [6.45, 7) is 9.45. The van der Waals surface area contributed by atoms with Crippen LogP contribution in [-0.4, -0.2) is 24.5 Å². The van der Waals surface area contributed by atoms with Crippen molar-refractivity contribution in [2.75, 3.05) is 13.6 Å². The molecule has 1 N–H and O–H groups in total. The summed E-state index contributed by atoms with van der Waals surface area (Å²) in [5.74, 6) is 1.06. The molecule has 0 fully saturated rings. The van der Waals surface area contributed by atoms with Gasteiger partial charge in [-0.15, -0.1) is 0 Å². The van der Waals surface area contributed by atoms with Gasteiger partial charge >= 0.3 is 0 Å². The maximum atomic E-state index is 5.57. The number of nitrogens with one attached hydrogen (secondary N) is 1. The van der Waals surface area contributed by atoms with E-state index in [1.54, 1.807) is 0 Å². The van der Waals surface area contributed by atoms with E-state index in [2.05, 4.69) is 44.1 Å². The standard InChI is InChI=1S/C14H26N2O/c1-5-6-7-16(4)10-14-8-13(11-17-14)9-15-12(2)3/h8,11-12,15H,5-7,9-10H2,1-4H3. The zero-order valence-corrected chi connectivity index (χ0v) is 11.6. The summed E-state index contributed by atoms with van der Waals surface area (Å²) in [5, 5.41) is 3.39. The molecular weight excluding hydrogens is 212 g/mol. The average Bonchev–Trinajstić information content (AvgIpc) is 2.71. The first kappa shape index (κ1) is 14.3. The minimum absolute atomic E-state index is 0.514. The molecule has 0 aliphatic carbocycles. The fraction of sp³-hybridized carbons (Fsp3) is 0.714. The smallest absolute Gasteiger partial charge is 0.118 e. The van der Waals surface area contributed by atoms with Gasteiger partial charge in [0.2, 0.25) is 0 Å². The van der Waals surface area contributed by atoms with Crippen molar-refractivity contribution < 1.29 is 4.42 Å². The molecule has 0 unspecified atom stereocenters. The van der Waals surface area contributed by atoms with Gasteiger partial charge in [-0.05, 0) is 26.1 Å². The molecule has 0 bridgehead atoms. The Hall–Kier alpha value is -0.800. The molecule has 1 aromatic heterocycles. The highest BCUT2D eigenvalue weighted by Gasteiger charge is 2.05. The van der Waals surface area contributed by atoms with E-state index in [0.29, 0.717) is 6.04 Å². The van der Waals surface area contributed by atoms with Crippen LogP contribution in [-0.2, 0) is 13.1 Å². The fourth-order valence-corrected chi connectivity index (χ4v) is 1.70. The van der Waals surface area contributed by atoms with Crippen LogP contribution >= 0.6 is 0 Å².